The zero-order valence-electron chi connectivity index (χ0n) is 18.4. The molecule has 0 spiro atoms. The SMILES string of the molecule is CN(CC(=O)OC(C)(C)C)c1ncnc(Oc2cc(Cl)nnc2-c2ccccc2)c1[N+](=O)[O-]. The number of aromatic nitrogens is 4. The summed E-state index contributed by atoms with van der Waals surface area (Å²) in [4.78, 5) is 32.6. The van der Waals surface area contributed by atoms with E-state index in [0.717, 1.165) is 6.33 Å². The van der Waals surface area contributed by atoms with Gasteiger partial charge in [0.2, 0.25) is 5.82 Å². The highest BCUT2D eigenvalue weighted by atomic mass is 35.5. The lowest BCUT2D eigenvalue weighted by Gasteiger charge is -2.23. The predicted molar refractivity (Wildman–Crippen MR) is 120 cm³/mol. The Balaban J connectivity index is 1.99. The molecule has 0 radical (unpaired) electrons. The fourth-order valence-electron chi connectivity index (χ4n) is 2.84. The van der Waals surface area contributed by atoms with Crippen LogP contribution in [0.1, 0.15) is 20.8 Å². The third-order valence-electron chi connectivity index (χ3n) is 4.08. The number of esters is 1. The van der Waals surface area contributed by atoms with Crippen LogP contribution in [-0.2, 0) is 9.53 Å². The van der Waals surface area contributed by atoms with Crippen LogP contribution in [0.2, 0.25) is 5.15 Å². The first-order valence-electron chi connectivity index (χ1n) is 9.74. The molecule has 3 aromatic rings. The molecule has 2 aromatic heterocycles. The number of ether oxygens (including phenoxy) is 2. The summed E-state index contributed by atoms with van der Waals surface area (Å²) in [5.74, 6) is -0.923. The Kier molecular flexibility index (Phi) is 7.02. The highest BCUT2D eigenvalue weighted by Crippen LogP contribution is 2.38. The molecule has 1 aromatic carbocycles. The number of halogens is 1. The number of carbonyl (C=O) groups is 1. The molecule has 0 saturated carbocycles. The first-order valence-corrected chi connectivity index (χ1v) is 10.1. The second kappa shape index (κ2) is 9.74. The van der Waals surface area contributed by atoms with Gasteiger partial charge in [-0.05, 0) is 20.8 Å². The van der Waals surface area contributed by atoms with Crippen LogP contribution in [0, 0.1) is 10.1 Å². The highest BCUT2D eigenvalue weighted by molar-refractivity contribution is 6.29. The van der Waals surface area contributed by atoms with Crippen LogP contribution in [0.3, 0.4) is 0 Å². The summed E-state index contributed by atoms with van der Waals surface area (Å²) in [7, 11) is 1.48. The van der Waals surface area contributed by atoms with Crippen molar-refractivity contribution >= 4 is 29.1 Å². The molecule has 0 aliphatic carbocycles. The fraction of sp³-hybridized carbons (Fsp3) is 0.286. The molecule has 0 fully saturated rings. The Morgan fingerprint density at radius 2 is 1.88 bits per heavy atom. The van der Waals surface area contributed by atoms with Crippen LogP contribution in [0.15, 0.2) is 42.7 Å². The molecule has 0 aliphatic heterocycles. The van der Waals surface area contributed by atoms with Crippen LogP contribution in [0.25, 0.3) is 11.3 Å². The molecule has 0 unspecified atom stereocenters. The maximum Gasteiger partial charge on any atom is 0.373 e. The summed E-state index contributed by atoms with van der Waals surface area (Å²) >= 11 is 5.98. The number of anilines is 1. The van der Waals surface area contributed by atoms with Gasteiger partial charge >= 0.3 is 17.5 Å². The molecule has 11 nitrogen and oxygen atoms in total. The normalized spacial score (nSPS) is 11.1. The predicted octanol–water partition coefficient (Wildman–Crippen LogP) is 4.07. The van der Waals surface area contributed by atoms with Gasteiger partial charge in [0.15, 0.2) is 10.9 Å². The van der Waals surface area contributed by atoms with Crippen LogP contribution in [0.5, 0.6) is 11.6 Å². The highest BCUT2D eigenvalue weighted by Gasteiger charge is 2.30. The average Bonchev–Trinajstić information content (AvgIpc) is 2.72. The van der Waals surface area contributed by atoms with Gasteiger partial charge in [0.05, 0.1) is 4.92 Å². The lowest BCUT2D eigenvalue weighted by molar-refractivity contribution is -0.385. The summed E-state index contributed by atoms with van der Waals surface area (Å²) in [6, 6.07) is 10.4. The Morgan fingerprint density at radius 3 is 2.52 bits per heavy atom. The largest absolute Gasteiger partial charge is 0.459 e. The number of nitro groups is 1. The number of hydrogen-bond donors (Lipinski definition) is 0. The molecule has 3 rings (SSSR count). The smallest absolute Gasteiger partial charge is 0.373 e. The molecule has 0 bridgehead atoms. The van der Waals surface area contributed by atoms with Gasteiger partial charge in [-0.3, -0.25) is 14.9 Å². The van der Waals surface area contributed by atoms with Gasteiger partial charge in [-0.15, -0.1) is 10.2 Å². The number of carbonyl (C=O) groups excluding carboxylic acids is 1. The van der Waals surface area contributed by atoms with Crippen molar-refractivity contribution in [1.29, 1.82) is 0 Å². The van der Waals surface area contributed by atoms with Gasteiger partial charge in [0.25, 0.3) is 0 Å². The molecule has 2 heterocycles. The minimum atomic E-state index is -0.703. The van der Waals surface area contributed by atoms with Crippen LogP contribution in [-0.4, -0.2) is 50.3 Å². The molecule has 0 atom stereocenters. The molecule has 0 saturated heterocycles. The van der Waals surface area contributed by atoms with Crippen molar-refractivity contribution in [2.24, 2.45) is 0 Å². The molecular weight excluding hydrogens is 452 g/mol. The fourth-order valence-corrected chi connectivity index (χ4v) is 2.98. The van der Waals surface area contributed by atoms with Gasteiger partial charge in [0.1, 0.15) is 24.2 Å². The second-order valence-electron chi connectivity index (χ2n) is 7.90. The summed E-state index contributed by atoms with van der Waals surface area (Å²) in [5.41, 5.74) is -0.256. The molecule has 172 valence electrons. The Hall–Kier alpha value is -3.86. The molecule has 33 heavy (non-hydrogen) atoms. The topological polar surface area (TPSA) is 133 Å². The standard InChI is InChI=1S/C21H21ClN6O5/c1-21(2,3)33-16(29)11-27(4)19-18(28(30)31)20(24-12-23-19)32-14-10-15(22)25-26-17(14)13-8-6-5-7-9-13/h5-10,12H,11H2,1-4H3. The minimum Gasteiger partial charge on any atom is -0.459 e. The van der Waals surface area contributed by atoms with E-state index in [-0.39, 0.29) is 29.1 Å². The van der Waals surface area contributed by atoms with Crippen molar-refractivity contribution in [3.8, 4) is 22.9 Å². The van der Waals surface area contributed by atoms with E-state index in [4.69, 9.17) is 21.1 Å². The summed E-state index contributed by atoms with van der Waals surface area (Å²) in [6.45, 7) is 4.90. The van der Waals surface area contributed by atoms with E-state index in [1.54, 1.807) is 45.0 Å². The molecule has 0 aliphatic rings. The quantitative estimate of drug-likeness (QED) is 0.281. The van der Waals surface area contributed by atoms with E-state index in [9.17, 15) is 14.9 Å². The van der Waals surface area contributed by atoms with Crippen molar-refractivity contribution in [1.82, 2.24) is 20.2 Å². The van der Waals surface area contributed by atoms with Gasteiger partial charge in [-0.1, -0.05) is 41.9 Å². The van der Waals surface area contributed by atoms with Gasteiger partial charge < -0.3 is 14.4 Å². The lowest BCUT2D eigenvalue weighted by atomic mass is 10.1. The van der Waals surface area contributed by atoms with E-state index in [1.807, 2.05) is 6.07 Å². The first-order chi connectivity index (χ1) is 15.5. The average molecular weight is 473 g/mol. The number of hydrogen-bond acceptors (Lipinski definition) is 10. The summed E-state index contributed by atoms with van der Waals surface area (Å²) in [6.07, 6.45) is 1.10. The van der Waals surface area contributed by atoms with Crippen molar-refractivity contribution in [2.75, 3.05) is 18.5 Å². The van der Waals surface area contributed by atoms with Gasteiger partial charge in [-0.2, -0.15) is 4.98 Å². The third-order valence-corrected chi connectivity index (χ3v) is 4.27. The van der Waals surface area contributed by atoms with E-state index in [2.05, 4.69) is 20.2 Å². The number of nitrogens with zero attached hydrogens (tertiary/aromatic N) is 6. The maximum absolute atomic E-state index is 12.2. The molecule has 0 N–H and O–H groups in total. The first kappa shape index (κ1) is 23.8. The number of rotatable bonds is 7. The molecule has 0 amide bonds. The second-order valence-corrected chi connectivity index (χ2v) is 8.29. The number of benzene rings is 1. The van der Waals surface area contributed by atoms with Crippen molar-refractivity contribution < 1.29 is 19.2 Å². The van der Waals surface area contributed by atoms with Gasteiger partial charge in [0, 0.05) is 18.7 Å². The van der Waals surface area contributed by atoms with Crippen molar-refractivity contribution in [2.45, 2.75) is 26.4 Å². The maximum atomic E-state index is 12.2. The monoisotopic (exact) mass is 472 g/mol. The van der Waals surface area contributed by atoms with E-state index in [1.165, 1.54) is 18.0 Å². The van der Waals surface area contributed by atoms with E-state index < -0.39 is 22.2 Å². The van der Waals surface area contributed by atoms with Crippen molar-refractivity contribution in [3.05, 3.63) is 58.0 Å². The molecule has 12 heteroatoms. The zero-order chi connectivity index (χ0) is 24.2. The lowest BCUT2D eigenvalue weighted by Crippen LogP contribution is -2.33. The van der Waals surface area contributed by atoms with Crippen LogP contribution < -0.4 is 9.64 Å². The minimum absolute atomic E-state index is 0.0312. The van der Waals surface area contributed by atoms with Crippen LogP contribution >= 0.6 is 11.6 Å². The van der Waals surface area contributed by atoms with E-state index in [0.29, 0.717) is 11.3 Å². The Labute approximate surface area is 194 Å². The van der Waals surface area contributed by atoms with Crippen molar-refractivity contribution in [3.63, 3.8) is 0 Å². The van der Waals surface area contributed by atoms with E-state index >= 15 is 0 Å². The van der Waals surface area contributed by atoms with Crippen LogP contribution in [0.4, 0.5) is 11.5 Å². The third kappa shape index (κ3) is 6.10. The number of likely N-dealkylation sites (N-methyl/N-ethyl adjacent to an activating group) is 1. The van der Waals surface area contributed by atoms with Gasteiger partial charge in [-0.25, -0.2) is 4.98 Å². The molecular formula is C21H21ClN6O5. The Morgan fingerprint density at radius 1 is 1.18 bits per heavy atom. The zero-order valence-corrected chi connectivity index (χ0v) is 19.1. The summed E-state index contributed by atoms with van der Waals surface area (Å²) in [5, 5.41) is 19.8. The summed E-state index contributed by atoms with van der Waals surface area (Å²) < 4.78 is 11.1. The Bertz CT molecular complexity index is 1170.